The van der Waals surface area contributed by atoms with Crippen molar-refractivity contribution in [3.05, 3.63) is 23.8 Å². The van der Waals surface area contributed by atoms with Crippen LogP contribution < -0.4 is 9.47 Å². The van der Waals surface area contributed by atoms with Gasteiger partial charge in [-0.2, -0.15) is 0 Å². The first-order valence-electron chi connectivity index (χ1n) is 6.24. The average Bonchev–Trinajstić information content (AvgIpc) is 2.33. The van der Waals surface area contributed by atoms with Gasteiger partial charge in [0.15, 0.2) is 17.8 Å². The van der Waals surface area contributed by atoms with Crippen LogP contribution in [0.1, 0.15) is 26.3 Å². The van der Waals surface area contributed by atoms with Crippen LogP contribution in [0.2, 0.25) is 0 Å². The normalized spacial score (nSPS) is 12.2. The van der Waals surface area contributed by atoms with Crippen molar-refractivity contribution in [3.63, 3.8) is 0 Å². The second-order valence-corrected chi connectivity index (χ2v) is 3.79. The molecule has 1 atom stereocenters. The summed E-state index contributed by atoms with van der Waals surface area (Å²) in [6.07, 6.45) is -0.289. The highest BCUT2D eigenvalue weighted by atomic mass is 16.7. The Bertz CT molecular complexity index is 352. The molecule has 0 spiro atoms. The molecular formula is C14H22O4. The molecule has 0 fully saturated rings. The van der Waals surface area contributed by atoms with Gasteiger partial charge >= 0.3 is 0 Å². The zero-order chi connectivity index (χ0) is 13.4. The fourth-order valence-corrected chi connectivity index (χ4v) is 1.62. The molecule has 1 aromatic rings. The molecule has 1 unspecified atom stereocenters. The average molecular weight is 254 g/mol. The molecule has 0 heterocycles. The Kier molecular flexibility index (Phi) is 6.54. The SMILES string of the molecule is CCOc1cc(COC)ccc1OC(C)OCC. The molecule has 0 aromatic heterocycles. The Morgan fingerprint density at radius 1 is 1.11 bits per heavy atom. The highest BCUT2D eigenvalue weighted by Crippen LogP contribution is 2.29. The lowest BCUT2D eigenvalue weighted by Gasteiger charge is -2.17. The molecule has 4 nitrogen and oxygen atoms in total. The fourth-order valence-electron chi connectivity index (χ4n) is 1.62. The fraction of sp³-hybridized carbons (Fsp3) is 0.571. The Hall–Kier alpha value is -1.26. The van der Waals surface area contributed by atoms with Crippen LogP contribution in [-0.2, 0) is 16.1 Å². The Labute approximate surface area is 109 Å². The summed E-state index contributed by atoms with van der Waals surface area (Å²) in [5.74, 6) is 1.41. The highest BCUT2D eigenvalue weighted by Gasteiger charge is 2.10. The van der Waals surface area contributed by atoms with Crippen LogP contribution >= 0.6 is 0 Å². The van der Waals surface area contributed by atoms with Gasteiger partial charge in [-0.3, -0.25) is 0 Å². The number of hydrogen-bond donors (Lipinski definition) is 0. The second-order valence-electron chi connectivity index (χ2n) is 3.79. The lowest BCUT2D eigenvalue weighted by molar-refractivity contribution is -0.0625. The quantitative estimate of drug-likeness (QED) is 0.668. The van der Waals surface area contributed by atoms with E-state index in [0.29, 0.717) is 25.6 Å². The number of methoxy groups -OCH3 is 1. The molecular weight excluding hydrogens is 232 g/mol. The molecule has 0 N–H and O–H groups in total. The van der Waals surface area contributed by atoms with Gasteiger partial charge in [0.05, 0.1) is 13.2 Å². The summed E-state index contributed by atoms with van der Waals surface area (Å²) >= 11 is 0. The number of rotatable bonds is 8. The van der Waals surface area contributed by atoms with E-state index in [2.05, 4.69) is 0 Å². The van der Waals surface area contributed by atoms with Crippen molar-refractivity contribution in [3.8, 4) is 11.5 Å². The highest BCUT2D eigenvalue weighted by molar-refractivity contribution is 5.42. The maximum Gasteiger partial charge on any atom is 0.197 e. The lowest BCUT2D eigenvalue weighted by atomic mass is 10.2. The van der Waals surface area contributed by atoms with Gasteiger partial charge in [-0.25, -0.2) is 0 Å². The predicted octanol–water partition coefficient (Wildman–Crippen LogP) is 2.99. The summed E-state index contributed by atoms with van der Waals surface area (Å²) in [5.41, 5.74) is 1.05. The zero-order valence-corrected chi connectivity index (χ0v) is 11.6. The standard InChI is InChI=1S/C14H22O4/c1-5-16-11(3)18-13-8-7-12(10-15-4)9-14(13)17-6-2/h7-9,11H,5-6,10H2,1-4H3. The molecule has 4 heteroatoms. The van der Waals surface area contributed by atoms with Gasteiger partial charge in [-0.15, -0.1) is 0 Å². The zero-order valence-electron chi connectivity index (χ0n) is 11.6. The lowest BCUT2D eigenvalue weighted by Crippen LogP contribution is -2.16. The molecule has 0 saturated carbocycles. The predicted molar refractivity (Wildman–Crippen MR) is 70.0 cm³/mol. The van der Waals surface area contributed by atoms with Crippen LogP contribution in [0, 0.1) is 0 Å². The maximum absolute atomic E-state index is 5.68. The van der Waals surface area contributed by atoms with E-state index in [1.165, 1.54) is 0 Å². The van der Waals surface area contributed by atoms with E-state index in [0.717, 1.165) is 11.3 Å². The molecule has 0 bridgehead atoms. The van der Waals surface area contributed by atoms with E-state index in [9.17, 15) is 0 Å². The van der Waals surface area contributed by atoms with Crippen molar-refractivity contribution >= 4 is 0 Å². The van der Waals surface area contributed by atoms with Crippen LogP contribution in [-0.4, -0.2) is 26.6 Å². The van der Waals surface area contributed by atoms with Crippen molar-refractivity contribution < 1.29 is 18.9 Å². The molecule has 102 valence electrons. The van der Waals surface area contributed by atoms with E-state index in [4.69, 9.17) is 18.9 Å². The molecule has 1 aromatic carbocycles. The monoisotopic (exact) mass is 254 g/mol. The minimum Gasteiger partial charge on any atom is -0.490 e. The molecule has 1 rings (SSSR count). The van der Waals surface area contributed by atoms with Gasteiger partial charge in [0, 0.05) is 13.7 Å². The van der Waals surface area contributed by atoms with E-state index in [1.807, 2.05) is 39.0 Å². The summed E-state index contributed by atoms with van der Waals surface area (Å²) in [7, 11) is 1.67. The summed E-state index contributed by atoms with van der Waals surface area (Å²) < 4.78 is 21.7. The molecule has 0 radical (unpaired) electrons. The topological polar surface area (TPSA) is 36.9 Å². The largest absolute Gasteiger partial charge is 0.490 e. The van der Waals surface area contributed by atoms with Crippen molar-refractivity contribution in [2.45, 2.75) is 33.7 Å². The summed E-state index contributed by atoms with van der Waals surface area (Å²) in [6, 6.07) is 5.77. The number of benzene rings is 1. The molecule has 0 saturated heterocycles. The van der Waals surface area contributed by atoms with Gasteiger partial charge in [0.2, 0.25) is 0 Å². The van der Waals surface area contributed by atoms with Gasteiger partial charge in [-0.1, -0.05) is 6.07 Å². The van der Waals surface area contributed by atoms with Crippen LogP contribution in [0.3, 0.4) is 0 Å². The van der Waals surface area contributed by atoms with Gasteiger partial charge in [0.1, 0.15) is 0 Å². The van der Waals surface area contributed by atoms with Gasteiger partial charge in [0.25, 0.3) is 0 Å². The number of hydrogen-bond acceptors (Lipinski definition) is 4. The molecule has 0 aliphatic heterocycles. The Balaban J connectivity index is 2.81. The molecule has 0 amide bonds. The summed E-state index contributed by atoms with van der Waals surface area (Å²) in [4.78, 5) is 0. The molecule has 18 heavy (non-hydrogen) atoms. The van der Waals surface area contributed by atoms with Crippen LogP contribution in [0.25, 0.3) is 0 Å². The van der Waals surface area contributed by atoms with E-state index in [1.54, 1.807) is 7.11 Å². The van der Waals surface area contributed by atoms with Crippen molar-refractivity contribution in [1.82, 2.24) is 0 Å². The van der Waals surface area contributed by atoms with Crippen molar-refractivity contribution in [2.24, 2.45) is 0 Å². The van der Waals surface area contributed by atoms with E-state index < -0.39 is 0 Å². The molecule has 0 aliphatic carbocycles. The third-order valence-corrected chi connectivity index (χ3v) is 2.31. The summed E-state index contributed by atoms with van der Waals surface area (Å²) in [6.45, 7) is 7.51. The summed E-state index contributed by atoms with van der Waals surface area (Å²) in [5, 5.41) is 0. The van der Waals surface area contributed by atoms with Crippen LogP contribution in [0.5, 0.6) is 11.5 Å². The first-order chi connectivity index (χ1) is 8.71. The van der Waals surface area contributed by atoms with Crippen LogP contribution in [0.15, 0.2) is 18.2 Å². The van der Waals surface area contributed by atoms with Gasteiger partial charge < -0.3 is 18.9 Å². The van der Waals surface area contributed by atoms with Crippen molar-refractivity contribution in [1.29, 1.82) is 0 Å². The Morgan fingerprint density at radius 2 is 1.89 bits per heavy atom. The smallest absolute Gasteiger partial charge is 0.197 e. The third kappa shape index (κ3) is 4.55. The first-order valence-corrected chi connectivity index (χ1v) is 6.24. The van der Waals surface area contributed by atoms with Gasteiger partial charge in [-0.05, 0) is 38.5 Å². The van der Waals surface area contributed by atoms with E-state index >= 15 is 0 Å². The Morgan fingerprint density at radius 3 is 2.50 bits per heavy atom. The van der Waals surface area contributed by atoms with E-state index in [-0.39, 0.29) is 6.29 Å². The minimum absolute atomic E-state index is 0.289. The molecule has 0 aliphatic rings. The van der Waals surface area contributed by atoms with Crippen LogP contribution in [0.4, 0.5) is 0 Å². The number of ether oxygens (including phenoxy) is 4. The first kappa shape index (κ1) is 14.8. The van der Waals surface area contributed by atoms with Crippen molar-refractivity contribution in [2.75, 3.05) is 20.3 Å². The minimum atomic E-state index is -0.289. The third-order valence-electron chi connectivity index (χ3n) is 2.31. The second kappa shape index (κ2) is 7.95. The maximum atomic E-state index is 5.68.